The zero-order valence-corrected chi connectivity index (χ0v) is 21.3. The van der Waals surface area contributed by atoms with Crippen LogP contribution in [-0.4, -0.2) is 20.6 Å². The summed E-state index contributed by atoms with van der Waals surface area (Å²) in [5, 5.41) is 24.4. The molecule has 0 saturated heterocycles. The summed E-state index contributed by atoms with van der Waals surface area (Å²) < 4.78 is 8.76. The van der Waals surface area contributed by atoms with E-state index in [0.717, 1.165) is 12.7 Å². The maximum absolute atomic E-state index is 12.7. The quantitative estimate of drug-likeness (QED) is 0.115. The Morgan fingerprint density at radius 2 is 1.84 bits per heavy atom. The molecule has 3 aromatic rings. The van der Waals surface area contributed by atoms with Crippen molar-refractivity contribution in [2.24, 2.45) is 0 Å². The molecule has 0 unspecified atom stereocenters. The van der Waals surface area contributed by atoms with Crippen LogP contribution in [0.15, 0.2) is 48.0 Å². The highest BCUT2D eigenvalue weighted by Gasteiger charge is 2.17. The van der Waals surface area contributed by atoms with Crippen molar-refractivity contribution in [3.63, 3.8) is 0 Å². The SMILES string of the molecule is Cc1cc(C)n(C(=O)/C(C#N)=C/c2cc(I)c(OCc3ccc([N+](=O)[O-])cc3)c(I)c2)n1. The summed E-state index contributed by atoms with van der Waals surface area (Å²) in [7, 11) is 0. The van der Waals surface area contributed by atoms with Crippen molar-refractivity contribution in [1.82, 2.24) is 9.78 Å². The maximum atomic E-state index is 12.7. The maximum Gasteiger partial charge on any atom is 0.289 e. The Labute approximate surface area is 211 Å². The lowest BCUT2D eigenvalue weighted by Crippen LogP contribution is -2.15. The summed E-state index contributed by atoms with van der Waals surface area (Å²) in [6.07, 6.45) is 1.53. The Morgan fingerprint density at radius 1 is 1.22 bits per heavy atom. The average Bonchev–Trinajstić information content (AvgIpc) is 3.09. The zero-order chi connectivity index (χ0) is 23.4. The van der Waals surface area contributed by atoms with Gasteiger partial charge in [-0.05, 0) is 107 Å². The van der Waals surface area contributed by atoms with E-state index in [4.69, 9.17) is 4.74 Å². The van der Waals surface area contributed by atoms with Gasteiger partial charge in [-0.1, -0.05) is 0 Å². The van der Waals surface area contributed by atoms with Gasteiger partial charge in [0.25, 0.3) is 11.6 Å². The number of aryl methyl sites for hydroxylation is 2. The Balaban J connectivity index is 1.81. The second-order valence-electron chi connectivity index (χ2n) is 6.84. The highest BCUT2D eigenvalue weighted by molar-refractivity contribution is 14.1. The van der Waals surface area contributed by atoms with Crippen molar-refractivity contribution in [1.29, 1.82) is 5.26 Å². The number of hydrogen-bond donors (Lipinski definition) is 0. The van der Waals surface area contributed by atoms with Gasteiger partial charge in [-0.25, -0.2) is 4.68 Å². The Morgan fingerprint density at radius 3 is 2.34 bits per heavy atom. The third-order valence-corrected chi connectivity index (χ3v) is 6.02. The molecule has 0 bridgehead atoms. The molecule has 8 nitrogen and oxygen atoms in total. The van der Waals surface area contributed by atoms with E-state index in [-0.39, 0.29) is 17.9 Å². The van der Waals surface area contributed by atoms with Crippen LogP contribution in [0.25, 0.3) is 6.08 Å². The minimum Gasteiger partial charge on any atom is -0.487 e. The molecule has 2 aromatic carbocycles. The third kappa shape index (κ3) is 5.52. The average molecular weight is 654 g/mol. The standard InChI is InChI=1S/C22H16I2N4O4/c1-13-7-14(2)27(26-13)22(29)17(11-25)8-16-9-19(23)21(20(24)10-16)32-12-15-3-5-18(6-4-15)28(30)31/h3-10H,12H2,1-2H3/b17-8+. The number of non-ortho nitro benzene ring substituents is 1. The van der Waals surface area contributed by atoms with Gasteiger partial charge >= 0.3 is 0 Å². The first-order valence-electron chi connectivity index (χ1n) is 9.24. The molecular weight excluding hydrogens is 638 g/mol. The van der Waals surface area contributed by atoms with Gasteiger partial charge in [-0.15, -0.1) is 0 Å². The molecule has 3 rings (SSSR count). The molecule has 0 aliphatic heterocycles. The largest absolute Gasteiger partial charge is 0.487 e. The van der Waals surface area contributed by atoms with Crippen LogP contribution in [0.5, 0.6) is 5.75 Å². The van der Waals surface area contributed by atoms with Crippen LogP contribution in [-0.2, 0) is 6.61 Å². The topological polar surface area (TPSA) is 111 Å². The molecule has 0 N–H and O–H groups in total. The monoisotopic (exact) mass is 654 g/mol. The van der Waals surface area contributed by atoms with Crippen LogP contribution in [0.3, 0.4) is 0 Å². The summed E-state index contributed by atoms with van der Waals surface area (Å²) in [6, 6.07) is 13.6. The number of nitrogens with zero attached hydrogens (tertiary/aromatic N) is 4. The van der Waals surface area contributed by atoms with Crippen LogP contribution in [0.4, 0.5) is 5.69 Å². The predicted octanol–water partition coefficient (Wildman–Crippen LogP) is 5.44. The molecular formula is C22H16I2N4O4. The lowest BCUT2D eigenvalue weighted by molar-refractivity contribution is -0.384. The van der Waals surface area contributed by atoms with Gasteiger partial charge in [0.05, 0.1) is 17.8 Å². The first-order valence-corrected chi connectivity index (χ1v) is 11.4. The van der Waals surface area contributed by atoms with E-state index in [1.54, 1.807) is 32.0 Å². The van der Waals surface area contributed by atoms with E-state index >= 15 is 0 Å². The molecule has 0 saturated carbocycles. The highest BCUT2D eigenvalue weighted by atomic mass is 127. The van der Waals surface area contributed by atoms with E-state index in [9.17, 15) is 20.2 Å². The van der Waals surface area contributed by atoms with Gasteiger partial charge in [-0.2, -0.15) is 10.4 Å². The van der Waals surface area contributed by atoms with Gasteiger partial charge in [0.2, 0.25) is 0 Å². The highest BCUT2D eigenvalue weighted by Crippen LogP contribution is 2.31. The number of carbonyl (C=O) groups excluding carboxylic acids is 1. The molecule has 0 spiro atoms. The fraction of sp³-hybridized carbons (Fsp3) is 0.136. The summed E-state index contributed by atoms with van der Waals surface area (Å²) in [6.45, 7) is 3.79. The second kappa shape index (κ2) is 10.2. The van der Waals surface area contributed by atoms with E-state index in [0.29, 0.717) is 22.7 Å². The number of nitro groups is 1. The van der Waals surface area contributed by atoms with E-state index < -0.39 is 10.8 Å². The number of halogens is 2. The number of ether oxygens (including phenoxy) is 1. The van der Waals surface area contributed by atoms with Crippen LogP contribution in [0.1, 0.15) is 27.3 Å². The minimum absolute atomic E-state index is 0.0253. The molecule has 0 radical (unpaired) electrons. The molecule has 0 atom stereocenters. The van der Waals surface area contributed by atoms with E-state index in [1.165, 1.54) is 22.9 Å². The fourth-order valence-electron chi connectivity index (χ4n) is 2.93. The van der Waals surface area contributed by atoms with Crippen molar-refractivity contribution < 1.29 is 14.5 Å². The van der Waals surface area contributed by atoms with Crippen LogP contribution < -0.4 is 4.74 Å². The van der Waals surface area contributed by atoms with Gasteiger partial charge in [-0.3, -0.25) is 14.9 Å². The van der Waals surface area contributed by atoms with Gasteiger partial charge in [0, 0.05) is 17.8 Å². The number of carbonyl (C=O) groups is 1. The summed E-state index contributed by atoms with van der Waals surface area (Å²) >= 11 is 4.26. The molecule has 10 heteroatoms. The molecule has 0 fully saturated rings. The first kappa shape index (κ1) is 23.9. The number of nitriles is 1. The molecule has 32 heavy (non-hydrogen) atoms. The number of benzene rings is 2. The van der Waals surface area contributed by atoms with Crippen LogP contribution in [0, 0.1) is 42.4 Å². The normalized spacial score (nSPS) is 11.2. The van der Waals surface area contributed by atoms with Crippen LogP contribution in [0.2, 0.25) is 0 Å². The van der Waals surface area contributed by atoms with E-state index in [1.807, 2.05) is 18.2 Å². The molecule has 0 amide bonds. The number of rotatable bonds is 6. The van der Waals surface area contributed by atoms with Crippen molar-refractivity contribution in [2.75, 3.05) is 0 Å². The number of nitro benzene ring substituents is 1. The summed E-state index contributed by atoms with van der Waals surface area (Å²) in [5.41, 5.74) is 2.85. The van der Waals surface area contributed by atoms with Crippen molar-refractivity contribution >= 4 is 62.9 Å². The van der Waals surface area contributed by atoms with Gasteiger partial charge < -0.3 is 4.74 Å². The van der Waals surface area contributed by atoms with E-state index in [2.05, 4.69) is 50.3 Å². The lowest BCUT2D eigenvalue weighted by atomic mass is 10.1. The van der Waals surface area contributed by atoms with Gasteiger partial charge in [0.1, 0.15) is 24.0 Å². The Hall–Kier alpha value is -2.79. The second-order valence-corrected chi connectivity index (χ2v) is 9.16. The van der Waals surface area contributed by atoms with Crippen LogP contribution >= 0.6 is 45.2 Å². The Bertz CT molecular complexity index is 1250. The number of hydrogen-bond acceptors (Lipinski definition) is 6. The Kier molecular flexibility index (Phi) is 7.62. The van der Waals surface area contributed by atoms with Crippen molar-refractivity contribution in [3.8, 4) is 11.8 Å². The lowest BCUT2D eigenvalue weighted by Gasteiger charge is -2.12. The van der Waals surface area contributed by atoms with Crippen molar-refractivity contribution in [3.05, 3.63) is 87.8 Å². The molecule has 162 valence electrons. The predicted molar refractivity (Wildman–Crippen MR) is 135 cm³/mol. The number of aromatic nitrogens is 2. The first-order chi connectivity index (χ1) is 15.2. The van der Waals surface area contributed by atoms with Gasteiger partial charge in [0.15, 0.2) is 0 Å². The smallest absolute Gasteiger partial charge is 0.289 e. The minimum atomic E-state index is -0.485. The summed E-state index contributed by atoms with van der Waals surface area (Å²) in [5.74, 6) is 0.173. The summed E-state index contributed by atoms with van der Waals surface area (Å²) in [4.78, 5) is 23.0. The fourth-order valence-corrected chi connectivity index (χ4v) is 5.05. The van der Waals surface area contributed by atoms with Crippen molar-refractivity contribution in [2.45, 2.75) is 20.5 Å². The zero-order valence-electron chi connectivity index (χ0n) is 17.0. The molecule has 1 heterocycles. The molecule has 0 aliphatic rings. The number of allylic oxidation sites excluding steroid dienone is 1. The third-order valence-electron chi connectivity index (χ3n) is 4.41. The molecule has 1 aromatic heterocycles. The molecule has 0 aliphatic carbocycles.